The van der Waals surface area contributed by atoms with Crippen LogP contribution in [-0.2, 0) is 4.79 Å². The van der Waals surface area contributed by atoms with Crippen molar-refractivity contribution in [2.75, 3.05) is 0 Å². The highest BCUT2D eigenvalue weighted by molar-refractivity contribution is 9.10. The zero-order chi connectivity index (χ0) is 10.6. The Morgan fingerprint density at radius 2 is 1.86 bits per heavy atom. The van der Waals surface area contributed by atoms with Gasteiger partial charge in [0.25, 0.3) is 0 Å². The molecular weight excluding hydrogens is 308 g/mol. The molecule has 0 heterocycles. The number of carbonyl (C=O) groups is 1. The summed E-state index contributed by atoms with van der Waals surface area (Å²) < 4.78 is 0. The van der Waals surface area contributed by atoms with E-state index in [-0.39, 0.29) is 15.4 Å². The lowest BCUT2D eigenvalue weighted by Crippen LogP contribution is -2.17. The van der Waals surface area contributed by atoms with Crippen LogP contribution in [0.3, 0.4) is 0 Å². The molecule has 0 bridgehead atoms. The van der Waals surface area contributed by atoms with Crippen molar-refractivity contribution in [1.29, 1.82) is 0 Å². The molecule has 0 aliphatic rings. The molecule has 0 N–H and O–H groups in total. The Morgan fingerprint density at radius 3 is 2.36 bits per heavy atom. The van der Waals surface area contributed by atoms with E-state index < -0.39 is 0 Å². The molecule has 1 aromatic carbocycles. The Morgan fingerprint density at radius 1 is 1.29 bits per heavy atom. The van der Waals surface area contributed by atoms with Gasteiger partial charge in [-0.15, -0.1) is 0 Å². The number of alkyl halides is 2. The SMILES string of the molecule is CCC(Br)C(=O)C(Br)c1ccccc1. The first-order valence-electron chi connectivity index (χ1n) is 4.53. The van der Waals surface area contributed by atoms with Crippen LogP contribution in [0.5, 0.6) is 0 Å². The average molecular weight is 320 g/mol. The van der Waals surface area contributed by atoms with Crippen molar-refractivity contribution in [3.8, 4) is 0 Å². The van der Waals surface area contributed by atoms with Crippen LogP contribution in [-0.4, -0.2) is 10.6 Å². The number of hydrogen-bond donors (Lipinski definition) is 0. The van der Waals surface area contributed by atoms with Crippen LogP contribution < -0.4 is 0 Å². The fourth-order valence-electron chi connectivity index (χ4n) is 1.15. The van der Waals surface area contributed by atoms with Gasteiger partial charge in [0.05, 0.1) is 9.65 Å². The maximum absolute atomic E-state index is 11.8. The Hall–Kier alpha value is -0.150. The van der Waals surface area contributed by atoms with Crippen molar-refractivity contribution in [3.63, 3.8) is 0 Å². The largest absolute Gasteiger partial charge is 0.297 e. The highest BCUT2D eigenvalue weighted by atomic mass is 79.9. The third-order valence-corrected chi connectivity index (χ3v) is 4.09. The van der Waals surface area contributed by atoms with Gasteiger partial charge in [-0.05, 0) is 12.0 Å². The molecule has 0 aliphatic carbocycles. The molecular formula is C11H12Br2O. The molecule has 0 amide bonds. The second-order valence-electron chi connectivity index (χ2n) is 3.05. The van der Waals surface area contributed by atoms with Crippen molar-refractivity contribution < 1.29 is 4.79 Å². The molecule has 1 rings (SSSR count). The van der Waals surface area contributed by atoms with Gasteiger partial charge in [0, 0.05) is 0 Å². The van der Waals surface area contributed by atoms with E-state index in [0.717, 1.165) is 12.0 Å². The molecule has 0 fully saturated rings. The van der Waals surface area contributed by atoms with E-state index in [1.807, 2.05) is 37.3 Å². The van der Waals surface area contributed by atoms with E-state index in [4.69, 9.17) is 0 Å². The first kappa shape index (κ1) is 11.9. The van der Waals surface area contributed by atoms with Crippen molar-refractivity contribution >= 4 is 37.6 Å². The monoisotopic (exact) mass is 318 g/mol. The van der Waals surface area contributed by atoms with Crippen molar-refractivity contribution in [2.24, 2.45) is 0 Å². The minimum absolute atomic E-state index is 0.0629. The maximum atomic E-state index is 11.8. The topological polar surface area (TPSA) is 17.1 Å². The van der Waals surface area contributed by atoms with Gasteiger partial charge in [-0.1, -0.05) is 69.1 Å². The summed E-state index contributed by atoms with van der Waals surface area (Å²) in [6.07, 6.45) is 0.813. The number of Topliss-reactive ketones (excluding diaryl/α,β-unsaturated/α-hetero) is 1. The van der Waals surface area contributed by atoms with Gasteiger partial charge in [-0.3, -0.25) is 4.79 Å². The lowest BCUT2D eigenvalue weighted by molar-refractivity contribution is -0.117. The highest BCUT2D eigenvalue weighted by Gasteiger charge is 2.22. The third-order valence-electron chi connectivity index (χ3n) is 2.01. The molecule has 0 saturated carbocycles. The lowest BCUT2D eigenvalue weighted by Gasteiger charge is -2.12. The van der Waals surface area contributed by atoms with Crippen LogP contribution in [0.2, 0.25) is 0 Å². The minimum Gasteiger partial charge on any atom is -0.297 e. The summed E-state index contributed by atoms with van der Waals surface area (Å²) in [5, 5.41) is 0. The highest BCUT2D eigenvalue weighted by Crippen LogP contribution is 2.27. The smallest absolute Gasteiger partial charge is 0.164 e. The van der Waals surface area contributed by atoms with Gasteiger partial charge in [0.1, 0.15) is 0 Å². The quantitative estimate of drug-likeness (QED) is 0.770. The first-order valence-corrected chi connectivity index (χ1v) is 6.36. The van der Waals surface area contributed by atoms with E-state index in [0.29, 0.717) is 0 Å². The van der Waals surface area contributed by atoms with Crippen LogP contribution in [0.15, 0.2) is 30.3 Å². The van der Waals surface area contributed by atoms with Gasteiger partial charge >= 0.3 is 0 Å². The minimum atomic E-state index is -0.201. The molecule has 3 heteroatoms. The van der Waals surface area contributed by atoms with E-state index in [1.54, 1.807) is 0 Å². The summed E-state index contributed by atoms with van der Waals surface area (Å²) in [7, 11) is 0. The molecule has 2 unspecified atom stereocenters. The summed E-state index contributed by atoms with van der Waals surface area (Å²) in [6, 6.07) is 9.72. The molecule has 0 spiro atoms. The van der Waals surface area contributed by atoms with E-state index in [2.05, 4.69) is 31.9 Å². The predicted molar refractivity (Wildman–Crippen MR) is 66.1 cm³/mol. The zero-order valence-electron chi connectivity index (χ0n) is 7.91. The van der Waals surface area contributed by atoms with Crippen molar-refractivity contribution in [1.82, 2.24) is 0 Å². The summed E-state index contributed by atoms with van der Waals surface area (Å²) in [4.78, 5) is 11.5. The van der Waals surface area contributed by atoms with Crippen LogP contribution in [0, 0.1) is 0 Å². The van der Waals surface area contributed by atoms with E-state index in [1.165, 1.54) is 0 Å². The number of carbonyl (C=O) groups excluding carboxylic acids is 1. The molecule has 14 heavy (non-hydrogen) atoms. The average Bonchev–Trinajstić information content (AvgIpc) is 2.27. The van der Waals surface area contributed by atoms with Crippen molar-refractivity contribution in [3.05, 3.63) is 35.9 Å². The summed E-state index contributed by atoms with van der Waals surface area (Å²) >= 11 is 6.77. The molecule has 0 aromatic heterocycles. The number of benzene rings is 1. The van der Waals surface area contributed by atoms with Crippen LogP contribution >= 0.6 is 31.9 Å². The summed E-state index contributed by atoms with van der Waals surface area (Å²) in [5.74, 6) is 0.179. The first-order chi connectivity index (χ1) is 6.66. The number of halogens is 2. The molecule has 0 radical (unpaired) electrons. The Labute approximate surface area is 101 Å². The predicted octanol–water partition coefficient (Wildman–Crippen LogP) is 3.87. The number of ketones is 1. The molecule has 1 nitrogen and oxygen atoms in total. The van der Waals surface area contributed by atoms with Gasteiger partial charge in [-0.25, -0.2) is 0 Å². The fourth-order valence-corrected chi connectivity index (χ4v) is 2.39. The fraction of sp³-hybridized carbons (Fsp3) is 0.364. The van der Waals surface area contributed by atoms with Crippen molar-refractivity contribution in [2.45, 2.75) is 23.0 Å². The zero-order valence-corrected chi connectivity index (χ0v) is 11.1. The Balaban J connectivity index is 2.76. The molecule has 76 valence electrons. The van der Waals surface area contributed by atoms with E-state index in [9.17, 15) is 4.79 Å². The second-order valence-corrected chi connectivity index (χ2v) is 5.07. The van der Waals surface area contributed by atoms with E-state index >= 15 is 0 Å². The van der Waals surface area contributed by atoms with Gasteiger partial charge in [0.15, 0.2) is 5.78 Å². The maximum Gasteiger partial charge on any atom is 0.164 e. The standard InChI is InChI=1S/C11H12Br2O/c1-2-9(12)11(14)10(13)8-6-4-3-5-7-8/h3-7,9-10H,2H2,1H3. The lowest BCUT2D eigenvalue weighted by atomic mass is 10.1. The van der Waals surface area contributed by atoms with Gasteiger partial charge in [-0.2, -0.15) is 0 Å². The summed E-state index contributed by atoms with van der Waals surface area (Å²) in [5.41, 5.74) is 1.01. The van der Waals surface area contributed by atoms with Crippen LogP contribution in [0.1, 0.15) is 23.7 Å². The molecule has 0 saturated heterocycles. The summed E-state index contributed by atoms with van der Waals surface area (Å²) in [6.45, 7) is 1.99. The molecule has 0 aliphatic heterocycles. The number of rotatable bonds is 4. The second kappa shape index (κ2) is 5.66. The molecule has 1 aromatic rings. The number of hydrogen-bond acceptors (Lipinski definition) is 1. The Kier molecular flexibility index (Phi) is 4.82. The molecule has 2 atom stereocenters. The third kappa shape index (κ3) is 2.92. The Bertz CT molecular complexity index is 297. The van der Waals surface area contributed by atoms with Gasteiger partial charge in [0.2, 0.25) is 0 Å². The van der Waals surface area contributed by atoms with Crippen LogP contribution in [0.25, 0.3) is 0 Å². The van der Waals surface area contributed by atoms with Crippen LogP contribution in [0.4, 0.5) is 0 Å². The van der Waals surface area contributed by atoms with Gasteiger partial charge < -0.3 is 0 Å². The normalized spacial score (nSPS) is 14.8.